The highest BCUT2D eigenvalue weighted by molar-refractivity contribution is 7.89. The molecule has 2 aliphatic rings. The van der Waals surface area contributed by atoms with Crippen LogP contribution in [0.15, 0.2) is 35.2 Å². The van der Waals surface area contributed by atoms with Crippen LogP contribution in [0.3, 0.4) is 0 Å². The highest BCUT2D eigenvalue weighted by Crippen LogP contribution is 2.26. The standard InChI is InChI=1S/C23H37N3O3S/c1-25(21-10-4-2-5-11-21)18-16-24-23(27)15-14-20-9-8-17-26(19-20)30(28,29)22-12-6-3-7-13-22/h3,6-7,12-13,20-21H,2,4-5,8-11,14-19H2,1H3,(H,24,27). The van der Waals surface area contributed by atoms with E-state index in [1.165, 1.54) is 32.1 Å². The van der Waals surface area contributed by atoms with Crippen LogP contribution in [-0.2, 0) is 14.8 Å². The minimum atomic E-state index is -3.44. The Morgan fingerprint density at radius 3 is 2.57 bits per heavy atom. The summed E-state index contributed by atoms with van der Waals surface area (Å²) in [6.45, 7) is 2.65. The molecule has 1 saturated heterocycles. The minimum absolute atomic E-state index is 0.0788. The number of hydrogen-bond acceptors (Lipinski definition) is 4. The van der Waals surface area contributed by atoms with Gasteiger partial charge in [-0.25, -0.2) is 8.42 Å². The number of piperidine rings is 1. The Balaban J connectivity index is 1.38. The van der Waals surface area contributed by atoms with Crippen LogP contribution < -0.4 is 5.32 Å². The first-order valence-corrected chi connectivity index (χ1v) is 12.9. The molecule has 1 aromatic rings. The molecule has 0 aromatic heterocycles. The van der Waals surface area contributed by atoms with Gasteiger partial charge in [0.1, 0.15) is 0 Å². The van der Waals surface area contributed by atoms with Gasteiger partial charge in [-0.1, -0.05) is 37.5 Å². The van der Waals surface area contributed by atoms with Crippen LogP contribution in [0.1, 0.15) is 57.8 Å². The van der Waals surface area contributed by atoms with Gasteiger partial charge in [-0.2, -0.15) is 4.31 Å². The van der Waals surface area contributed by atoms with Crippen molar-refractivity contribution >= 4 is 15.9 Å². The summed E-state index contributed by atoms with van der Waals surface area (Å²) in [4.78, 5) is 15.0. The summed E-state index contributed by atoms with van der Waals surface area (Å²) in [7, 11) is -1.28. The Kier molecular flexibility index (Phi) is 8.72. The third-order valence-electron chi connectivity index (χ3n) is 6.63. The number of carbonyl (C=O) groups is 1. The zero-order valence-corrected chi connectivity index (χ0v) is 19.1. The molecule has 6 nitrogen and oxygen atoms in total. The third kappa shape index (κ3) is 6.53. The van der Waals surface area contributed by atoms with Gasteiger partial charge < -0.3 is 10.2 Å². The zero-order chi connectivity index (χ0) is 21.4. The van der Waals surface area contributed by atoms with Crippen molar-refractivity contribution in [2.45, 2.75) is 68.7 Å². The van der Waals surface area contributed by atoms with Crippen molar-refractivity contribution in [2.24, 2.45) is 5.92 Å². The van der Waals surface area contributed by atoms with E-state index in [0.29, 0.717) is 37.0 Å². The number of nitrogens with zero attached hydrogens (tertiary/aromatic N) is 2. The van der Waals surface area contributed by atoms with Gasteiger partial charge >= 0.3 is 0 Å². The molecule has 7 heteroatoms. The van der Waals surface area contributed by atoms with Crippen molar-refractivity contribution in [2.75, 3.05) is 33.2 Å². The Labute approximate surface area is 182 Å². The predicted octanol–water partition coefficient (Wildman–Crippen LogP) is 3.25. The first kappa shape index (κ1) is 23.2. The molecule has 0 bridgehead atoms. The molecule has 1 N–H and O–H groups in total. The molecule has 0 radical (unpaired) electrons. The second-order valence-corrected chi connectivity index (χ2v) is 10.8. The van der Waals surface area contributed by atoms with Crippen LogP contribution in [0.4, 0.5) is 0 Å². The number of rotatable bonds is 9. The number of benzene rings is 1. The number of nitrogens with one attached hydrogen (secondary N) is 1. The summed E-state index contributed by atoms with van der Waals surface area (Å²) >= 11 is 0. The number of sulfonamides is 1. The van der Waals surface area contributed by atoms with E-state index in [2.05, 4.69) is 17.3 Å². The van der Waals surface area contributed by atoms with E-state index in [4.69, 9.17) is 0 Å². The van der Waals surface area contributed by atoms with E-state index >= 15 is 0 Å². The number of carbonyl (C=O) groups excluding carboxylic acids is 1. The summed E-state index contributed by atoms with van der Waals surface area (Å²) in [5.41, 5.74) is 0. The smallest absolute Gasteiger partial charge is 0.243 e. The van der Waals surface area contributed by atoms with Crippen LogP contribution in [0.25, 0.3) is 0 Å². The number of amides is 1. The highest BCUT2D eigenvalue weighted by atomic mass is 32.2. The molecule has 2 fully saturated rings. The Morgan fingerprint density at radius 1 is 1.10 bits per heavy atom. The van der Waals surface area contributed by atoms with Gasteiger partial charge in [-0.3, -0.25) is 4.79 Å². The average molecular weight is 436 g/mol. The average Bonchev–Trinajstić information content (AvgIpc) is 2.79. The lowest BCUT2D eigenvalue weighted by atomic mass is 9.94. The van der Waals surface area contributed by atoms with Gasteiger partial charge in [-0.05, 0) is 57.2 Å². The molecule has 1 aromatic carbocycles. The molecule has 0 spiro atoms. The van der Waals surface area contributed by atoms with Crippen molar-refractivity contribution in [3.63, 3.8) is 0 Å². The molecule has 1 amide bonds. The number of likely N-dealkylation sites (N-methyl/N-ethyl adjacent to an activating group) is 1. The first-order chi connectivity index (χ1) is 14.5. The van der Waals surface area contributed by atoms with E-state index in [0.717, 1.165) is 25.8 Å². The molecule has 3 rings (SSSR count). The highest BCUT2D eigenvalue weighted by Gasteiger charge is 2.30. The molecule has 1 aliphatic heterocycles. The molecular weight excluding hydrogens is 398 g/mol. The van der Waals surface area contributed by atoms with Crippen molar-refractivity contribution in [1.82, 2.24) is 14.5 Å². The minimum Gasteiger partial charge on any atom is -0.355 e. The van der Waals surface area contributed by atoms with Gasteiger partial charge in [0, 0.05) is 38.6 Å². The van der Waals surface area contributed by atoms with Crippen LogP contribution in [0.2, 0.25) is 0 Å². The molecule has 1 saturated carbocycles. The maximum Gasteiger partial charge on any atom is 0.243 e. The second-order valence-electron chi connectivity index (χ2n) is 8.85. The lowest BCUT2D eigenvalue weighted by Crippen LogP contribution is -2.41. The lowest BCUT2D eigenvalue weighted by Gasteiger charge is -2.32. The Hall–Kier alpha value is -1.44. The molecular formula is C23H37N3O3S. The summed E-state index contributed by atoms with van der Waals surface area (Å²) in [5.74, 6) is 0.322. The van der Waals surface area contributed by atoms with E-state index in [1.807, 2.05) is 6.07 Å². The van der Waals surface area contributed by atoms with E-state index in [1.54, 1.807) is 28.6 Å². The molecule has 1 aliphatic carbocycles. The summed E-state index contributed by atoms with van der Waals surface area (Å²) in [6, 6.07) is 9.29. The SMILES string of the molecule is CN(CCNC(=O)CCC1CCCN(S(=O)(=O)c2ccccc2)C1)C1CCCCC1. The normalized spacial score (nSPS) is 21.6. The predicted molar refractivity (Wildman–Crippen MR) is 120 cm³/mol. The third-order valence-corrected chi connectivity index (χ3v) is 8.51. The topological polar surface area (TPSA) is 69.7 Å². The van der Waals surface area contributed by atoms with Crippen molar-refractivity contribution < 1.29 is 13.2 Å². The summed E-state index contributed by atoms with van der Waals surface area (Å²) in [6.07, 6.45) is 9.58. The van der Waals surface area contributed by atoms with Crippen molar-refractivity contribution in [1.29, 1.82) is 0 Å². The van der Waals surface area contributed by atoms with Crippen molar-refractivity contribution in [3.8, 4) is 0 Å². The van der Waals surface area contributed by atoms with E-state index in [-0.39, 0.29) is 11.8 Å². The molecule has 30 heavy (non-hydrogen) atoms. The molecule has 168 valence electrons. The lowest BCUT2D eigenvalue weighted by molar-refractivity contribution is -0.121. The number of hydrogen-bond donors (Lipinski definition) is 1. The van der Waals surface area contributed by atoms with Gasteiger partial charge in [0.05, 0.1) is 4.90 Å². The van der Waals surface area contributed by atoms with Gasteiger partial charge in [-0.15, -0.1) is 0 Å². The maximum atomic E-state index is 12.8. The second kappa shape index (κ2) is 11.3. The fraction of sp³-hybridized carbons (Fsp3) is 0.696. The van der Waals surface area contributed by atoms with Crippen LogP contribution in [0, 0.1) is 5.92 Å². The van der Waals surface area contributed by atoms with Gasteiger partial charge in [0.2, 0.25) is 15.9 Å². The fourth-order valence-electron chi connectivity index (χ4n) is 4.72. The zero-order valence-electron chi connectivity index (χ0n) is 18.3. The summed E-state index contributed by atoms with van der Waals surface area (Å²) < 4.78 is 27.3. The Bertz CT molecular complexity index is 763. The first-order valence-electron chi connectivity index (χ1n) is 11.5. The molecule has 1 atom stereocenters. The maximum absolute atomic E-state index is 12.8. The Morgan fingerprint density at radius 2 is 1.83 bits per heavy atom. The summed E-state index contributed by atoms with van der Waals surface area (Å²) in [5, 5.41) is 3.05. The molecule has 1 heterocycles. The van der Waals surface area contributed by atoms with Crippen LogP contribution in [0.5, 0.6) is 0 Å². The van der Waals surface area contributed by atoms with Gasteiger partial charge in [0.15, 0.2) is 0 Å². The van der Waals surface area contributed by atoms with E-state index in [9.17, 15) is 13.2 Å². The molecule has 1 unspecified atom stereocenters. The largest absolute Gasteiger partial charge is 0.355 e. The van der Waals surface area contributed by atoms with Gasteiger partial charge in [0.25, 0.3) is 0 Å². The quantitative estimate of drug-likeness (QED) is 0.646. The van der Waals surface area contributed by atoms with Crippen LogP contribution in [-0.4, -0.2) is 62.8 Å². The monoisotopic (exact) mass is 435 g/mol. The fourth-order valence-corrected chi connectivity index (χ4v) is 6.30. The van der Waals surface area contributed by atoms with Crippen molar-refractivity contribution in [3.05, 3.63) is 30.3 Å². The van der Waals surface area contributed by atoms with E-state index < -0.39 is 10.0 Å². The van der Waals surface area contributed by atoms with Crippen LogP contribution >= 0.6 is 0 Å².